The monoisotopic (exact) mass is 581 g/mol. The molecule has 3 rings (SSSR count). The Kier molecular flexibility index (Phi) is 8.63. The van der Waals surface area contributed by atoms with Crippen molar-refractivity contribution < 1.29 is 14.3 Å². The molecular formula is C26H21Br2N3O3. The summed E-state index contributed by atoms with van der Waals surface area (Å²) in [6.45, 7) is 3.55. The number of carbonyl (C=O) groups is 2. The highest BCUT2D eigenvalue weighted by molar-refractivity contribution is 9.11. The zero-order chi connectivity index (χ0) is 24.7. The van der Waals surface area contributed by atoms with Crippen LogP contribution in [0.2, 0.25) is 0 Å². The van der Waals surface area contributed by atoms with E-state index in [1.54, 1.807) is 18.2 Å². The molecule has 0 heterocycles. The summed E-state index contributed by atoms with van der Waals surface area (Å²) >= 11 is 6.85. The Labute approximate surface area is 214 Å². The normalized spacial score (nSPS) is 10.9. The molecule has 3 aromatic rings. The molecule has 0 unspecified atom stereocenters. The van der Waals surface area contributed by atoms with Gasteiger partial charge in [0.25, 0.3) is 11.8 Å². The van der Waals surface area contributed by atoms with Crippen LogP contribution in [-0.4, -0.2) is 18.4 Å². The standard InChI is InChI=1S/C26H21Br2N3O3/c1-16-6-5-8-21(10-16)30-26(33)19(14-29)11-18-12-20(27)13-22(28)25(18)34-15-24(32)31-23-9-4-3-7-17(23)2/h3-13H,15H2,1-2H3,(H,30,33)(H,31,32)/b19-11+. The summed E-state index contributed by atoms with van der Waals surface area (Å²) in [4.78, 5) is 25.2. The molecule has 6 nitrogen and oxygen atoms in total. The number of anilines is 2. The lowest BCUT2D eigenvalue weighted by atomic mass is 10.1. The molecule has 8 heteroatoms. The van der Waals surface area contributed by atoms with Gasteiger partial charge in [-0.3, -0.25) is 9.59 Å². The van der Waals surface area contributed by atoms with Crippen LogP contribution < -0.4 is 15.4 Å². The van der Waals surface area contributed by atoms with Gasteiger partial charge in [-0.05, 0) is 77.3 Å². The van der Waals surface area contributed by atoms with Crippen LogP contribution in [0.5, 0.6) is 5.75 Å². The van der Waals surface area contributed by atoms with Gasteiger partial charge >= 0.3 is 0 Å². The molecule has 34 heavy (non-hydrogen) atoms. The molecule has 0 spiro atoms. The maximum Gasteiger partial charge on any atom is 0.266 e. The van der Waals surface area contributed by atoms with Gasteiger partial charge in [-0.25, -0.2) is 0 Å². The van der Waals surface area contributed by atoms with Crippen LogP contribution in [0, 0.1) is 25.2 Å². The summed E-state index contributed by atoms with van der Waals surface area (Å²) in [5.74, 6) is -0.552. The summed E-state index contributed by atoms with van der Waals surface area (Å²) < 4.78 is 7.06. The van der Waals surface area contributed by atoms with Gasteiger partial charge in [0.2, 0.25) is 0 Å². The van der Waals surface area contributed by atoms with Gasteiger partial charge in [-0.15, -0.1) is 0 Å². The maximum atomic E-state index is 12.7. The molecule has 0 fully saturated rings. The second-order valence-corrected chi connectivity index (χ2v) is 9.22. The number of benzene rings is 3. The Morgan fingerprint density at radius 1 is 1.03 bits per heavy atom. The van der Waals surface area contributed by atoms with E-state index in [-0.39, 0.29) is 18.1 Å². The first-order valence-electron chi connectivity index (χ1n) is 10.2. The highest BCUT2D eigenvalue weighted by Crippen LogP contribution is 2.34. The molecule has 172 valence electrons. The molecule has 0 aliphatic heterocycles. The van der Waals surface area contributed by atoms with E-state index in [0.29, 0.717) is 31.6 Å². The molecular weight excluding hydrogens is 562 g/mol. The molecule has 0 atom stereocenters. The van der Waals surface area contributed by atoms with Crippen molar-refractivity contribution in [1.82, 2.24) is 0 Å². The fourth-order valence-corrected chi connectivity index (χ4v) is 4.47. The molecule has 0 bridgehead atoms. The zero-order valence-corrected chi connectivity index (χ0v) is 21.7. The molecule has 0 radical (unpaired) electrons. The van der Waals surface area contributed by atoms with Crippen molar-refractivity contribution >= 4 is 61.1 Å². The first kappa shape index (κ1) is 25.2. The van der Waals surface area contributed by atoms with Gasteiger partial charge in [0.05, 0.1) is 4.47 Å². The highest BCUT2D eigenvalue weighted by atomic mass is 79.9. The van der Waals surface area contributed by atoms with Crippen molar-refractivity contribution in [2.75, 3.05) is 17.2 Å². The van der Waals surface area contributed by atoms with Crippen molar-refractivity contribution in [2.45, 2.75) is 13.8 Å². The van der Waals surface area contributed by atoms with Gasteiger partial charge in [0.15, 0.2) is 6.61 Å². The number of carbonyl (C=O) groups excluding carboxylic acids is 2. The van der Waals surface area contributed by atoms with E-state index in [0.717, 1.165) is 11.1 Å². The van der Waals surface area contributed by atoms with Crippen molar-refractivity contribution in [3.8, 4) is 11.8 Å². The van der Waals surface area contributed by atoms with Crippen LogP contribution in [-0.2, 0) is 9.59 Å². The van der Waals surface area contributed by atoms with Gasteiger partial charge in [-0.2, -0.15) is 5.26 Å². The first-order valence-corrected chi connectivity index (χ1v) is 11.8. The number of ether oxygens (including phenoxy) is 1. The third-order valence-electron chi connectivity index (χ3n) is 4.74. The number of nitriles is 1. The Hall–Kier alpha value is -3.41. The fraction of sp³-hybridized carbons (Fsp3) is 0.115. The number of aryl methyl sites for hydroxylation is 2. The lowest BCUT2D eigenvalue weighted by Crippen LogP contribution is -2.21. The van der Waals surface area contributed by atoms with Gasteiger partial charge in [-0.1, -0.05) is 46.3 Å². The van der Waals surface area contributed by atoms with Crippen LogP contribution in [0.15, 0.2) is 75.2 Å². The van der Waals surface area contributed by atoms with E-state index < -0.39 is 5.91 Å². The average Bonchev–Trinajstić information content (AvgIpc) is 2.78. The lowest BCUT2D eigenvalue weighted by Gasteiger charge is -2.13. The Morgan fingerprint density at radius 3 is 2.50 bits per heavy atom. The Balaban J connectivity index is 1.81. The number of nitrogens with zero attached hydrogens (tertiary/aromatic N) is 1. The number of rotatable bonds is 7. The third-order valence-corrected chi connectivity index (χ3v) is 5.79. The largest absolute Gasteiger partial charge is 0.482 e. The second kappa shape index (κ2) is 11.6. The smallest absolute Gasteiger partial charge is 0.266 e. The minimum absolute atomic E-state index is 0.110. The van der Waals surface area contributed by atoms with E-state index in [1.807, 2.05) is 62.4 Å². The van der Waals surface area contributed by atoms with Crippen LogP contribution in [0.4, 0.5) is 11.4 Å². The molecule has 3 aromatic carbocycles. The first-order chi connectivity index (χ1) is 16.3. The second-order valence-electron chi connectivity index (χ2n) is 7.45. The van der Waals surface area contributed by atoms with E-state index in [4.69, 9.17) is 4.74 Å². The molecule has 0 saturated carbocycles. The SMILES string of the molecule is Cc1cccc(NC(=O)/C(C#N)=C/c2cc(Br)cc(Br)c2OCC(=O)Nc2ccccc2C)c1. The summed E-state index contributed by atoms with van der Waals surface area (Å²) in [6, 6.07) is 20.1. The zero-order valence-electron chi connectivity index (χ0n) is 18.5. The molecule has 0 saturated heterocycles. The quantitative estimate of drug-likeness (QED) is 0.249. The van der Waals surface area contributed by atoms with Crippen molar-refractivity contribution in [3.63, 3.8) is 0 Å². The average molecular weight is 583 g/mol. The molecule has 0 aliphatic carbocycles. The fourth-order valence-electron chi connectivity index (χ4n) is 3.10. The number of nitrogens with one attached hydrogen (secondary N) is 2. The van der Waals surface area contributed by atoms with E-state index >= 15 is 0 Å². The third kappa shape index (κ3) is 6.80. The summed E-state index contributed by atoms with van der Waals surface area (Å²) in [5.41, 5.74) is 3.55. The van der Waals surface area contributed by atoms with Gasteiger partial charge in [0.1, 0.15) is 17.4 Å². The van der Waals surface area contributed by atoms with E-state index in [9.17, 15) is 14.9 Å². The predicted molar refractivity (Wildman–Crippen MR) is 141 cm³/mol. The minimum atomic E-state index is -0.549. The van der Waals surface area contributed by atoms with Crippen LogP contribution in [0.3, 0.4) is 0 Å². The van der Waals surface area contributed by atoms with Crippen molar-refractivity contribution in [1.29, 1.82) is 5.26 Å². The highest BCUT2D eigenvalue weighted by Gasteiger charge is 2.16. The summed E-state index contributed by atoms with van der Waals surface area (Å²) in [6.07, 6.45) is 1.43. The van der Waals surface area contributed by atoms with Crippen molar-refractivity contribution in [2.24, 2.45) is 0 Å². The van der Waals surface area contributed by atoms with Crippen LogP contribution >= 0.6 is 31.9 Å². The minimum Gasteiger partial charge on any atom is -0.482 e. The topological polar surface area (TPSA) is 91.2 Å². The molecule has 0 aromatic heterocycles. The molecule has 2 N–H and O–H groups in total. The van der Waals surface area contributed by atoms with Crippen LogP contribution in [0.25, 0.3) is 6.08 Å². The van der Waals surface area contributed by atoms with Gasteiger partial charge < -0.3 is 15.4 Å². The maximum absolute atomic E-state index is 12.7. The van der Waals surface area contributed by atoms with E-state index in [1.165, 1.54) is 6.08 Å². The number of hydrogen-bond donors (Lipinski definition) is 2. The predicted octanol–water partition coefficient (Wildman–Crippen LogP) is 6.39. The number of hydrogen-bond acceptors (Lipinski definition) is 4. The molecule has 0 aliphatic rings. The number of para-hydroxylation sites is 1. The van der Waals surface area contributed by atoms with E-state index in [2.05, 4.69) is 42.5 Å². The Bertz CT molecular complexity index is 1310. The lowest BCUT2D eigenvalue weighted by molar-refractivity contribution is -0.118. The Morgan fingerprint density at radius 2 is 1.79 bits per heavy atom. The summed E-state index contributed by atoms with van der Waals surface area (Å²) in [5, 5.41) is 15.2. The number of halogens is 2. The van der Waals surface area contributed by atoms with Gasteiger partial charge in [0, 0.05) is 21.4 Å². The van der Waals surface area contributed by atoms with Crippen LogP contribution in [0.1, 0.15) is 16.7 Å². The number of amides is 2. The molecule has 2 amide bonds. The summed E-state index contributed by atoms with van der Waals surface area (Å²) in [7, 11) is 0. The van der Waals surface area contributed by atoms with Crippen molar-refractivity contribution in [3.05, 3.63) is 91.9 Å².